The average molecular weight is 257 g/mol. The molecule has 1 N–H and O–H groups in total. The van der Waals surface area contributed by atoms with Crippen molar-refractivity contribution in [1.82, 2.24) is 4.90 Å². The fraction of sp³-hybridized carbons (Fsp3) is 0.857. The quantitative estimate of drug-likeness (QED) is 0.727. The first-order valence-electron chi connectivity index (χ1n) is 6.80. The van der Waals surface area contributed by atoms with E-state index in [1.165, 1.54) is 0 Å². The number of amides is 1. The van der Waals surface area contributed by atoms with Gasteiger partial charge in [0.25, 0.3) is 0 Å². The van der Waals surface area contributed by atoms with Crippen LogP contribution in [0.2, 0.25) is 0 Å². The Kier molecular flexibility index (Phi) is 6.96. The molecule has 1 unspecified atom stereocenters. The average Bonchev–Trinajstić information content (AvgIpc) is 2.29. The summed E-state index contributed by atoms with van der Waals surface area (Å²) in [6.07, 6.45) is 2.08. The lowest BCUT2D eigenvalue weighted by Gasteiger charge is -2.31. The SMILES string of the molecule is CCCCN(CC)C(=O)CC(C)(C(=O)O)C(C)C. The van der Waals surface area contributed by atoms with Crippen molar-refractivity contribution < 1.29 is 14.7 Å². The highest BCUT2D eigenvalue weighted by Crippen LogP contribution is 2.32. The van der Waals surface area contributed by atoms with Gasteiger partial charge in [0.2, 0.25) is 5.91 Å². The molecule has 18 heavy (non-hydrogen) atoms. The first kappa shape index (κ1) is 16.9. The predicted molar refractivity (Wildman–Crippen MR) is 72.4 cm³/mol. The second-order valence-electron chi connectivity index (χ2n) is 5.38. The lowest BCUT2D eigenvalue weighted by molar-refractivity contribution is -0.155. The van der Waals surface area contributed by atoms with Crippen LogP contribution in [0.5, 0.6) is 0 Å². The molecule has 0 spiro atoms. The van der Waals surface area contributed by atoms with Gasteiger partial charge in [-0.1, -0.05) is 27.2 Å². The minimum Gasteiger partial charge on any atom is -0.481 e. The van der Waals surface area contributed by atoms with Crippen molar-refractivity contribution in [3.8, 4) is 0 Å². The number of hydrogen-bond acceptors (Lipinski definition) is 2. The summed E-state index contributed by atoms with van der Waals surface area (Å²) in [6, 6.07) is 0. The van der Waals surface area contributed by atoms with Crippen molar-refractivity contribution in [1.29, 1.82) is 0 Å². The second-order valence-corrected chi connectivity index (χ2v) is 5.38. The molecule has 0 rings (SSSR count). The van der Waals surface area contributed by atoms with Gasteiger partial charge in [-0.2, -0.15) is 0 Å². The van der Waals surface area contributed by atoms with Gasteiger partial charge in [0.15, 0.2) is 0 Å². The van der Waals surface area contributed by atoms with E-state index in [4.69, 9.17) is 0 Å². The fourth-order valence-electron chi connectivity index (χ4n) is 1.76. The molecule has 0 aromatic carbocycles. The van der Waals surface area contributed by atoms with E-state index in [-0.39, 0.29) is 18.2 Å². The van der Waals surface area contributed by atoms with Crippen LogP contribution in [0.25, 0.3) is 0 Å². The van der Waals surface area contributed by atoms with Crippen LogP contribution in [0, 0.1) is 11.3 Å². The number of carboxylic acids is 1. The maximum atomic E-state index is 12.2. The third-order valence-electron chi connectivity index (χ3n) is 3.80. The van der Waals surface area contributed by atoms with Gasteiger partial charge in [-0.25, -0.2) is 0 Å². The highest BCUT2D eigenvalue weighted by atomic mass is 16.4. The number of carbonyl (C=O) groups is 2. The highest BCUT2D eigenvalue weighted by molar-refractivity contribution is 5.84. The summed E-state index contributed by atoms with van der Waals surface area (Å²) in [5.41, 5.74) is -0.975. The van der Waals surface area contributed by atoms with Gasteiger partial charge in [-0.15, -0.1) is 0 Å². The number of carbonyl (C=O) groups excluding carboxylic acids is 1. The van der Waals surface area contributed by atoms with Crippen LogP contribution in [0.3, 0.4) is 0 Å². The smallest absolute Gasteiger partial charge is 0.310 e. The molecule has 0 aliphatic carbocycles. The van der Waals surface area contributed by atoms with E-state index >= 15 is 0 Å². The lowest BCUT2D eigenvalue weighted by atomic mass is 9.76. The van der Waals surface area contributed by atoms with Gasteiger partial charge in [-0.05, 0) is 26.2 Å². The number of nitrogens with zero attached hydrogens (tertiary/aromatic N) is 1. The van der Waals surface area contributed by atoms with Crippen LogP contribution in [-0.4, -0.2) is 35.0 Å². The Bertz CT molecular complexity index is 289. The predicted octanol–water partition coefficient (Wildman–Crippen LogP) is 2.77. The molecule has 4 heteroatoms. The van der Waals surface area contributed by atoms with E-state index in [0.29, 0.717) is 6.54 Å². The summed E-state index contributed by atoms with van der Waals surface area (Å²) in [5, 5.41) is 9.31. The largest absolute Gasteiger partial charge is 0.481 e. The minimum atomic E-state index is -0.975. The van der Waals surface area contributed by atoms with Crippen molar-refractivity contribution in [2.45, 2.75) is 53.9 Å². The molecule has 0 aliphatic heterocycles. The summed E-state index contributed by atoms with van der Waals surface area (Å²) >= 11 is 0. The number of carboxylic acid groups (broad SMARTS) is 1. The molecule has 1 amide bonds. The van der Waals surface area contributed by atoms with E-state index in [9.17, 15) is 14.7 Å². The highest BCUT2D eigenvalue weighted by Gasteiger charge is 2.39. The van der Waals surface area contributed by atoms with Crippen LogP contribution < -0.4 is 0 Å². The van der Waals surface area contributed by atoms with E-state index in [1.807, 2.05) is 20.8 Å². The van der Waals surface area contributed by atoms with E-state index in [1.54, 1.807) is 11.8 Å². The molecular weight excluding hydrogens is 230 g/mol. The lowest BCUT2D eigenvalue weighted by Crippen LogP contribution is -2.41. The van der Waals surface area contributed by atoms with Gasteiger partial charge >= 0.3 is 5.97 Å². The first-order chi connectivity index (χ1) is 8.29. The molecule has 0 aliphatic rings. The molecule has 0 aromatic rings. The maximum Gasteiger partial charge on any atom is 0.310 e. The molecule has 0 bridgehead atoms. The Morgan fingerprint density at radius 3 is 2.17 bits per heavy atom. The van der Waals surface area contributed by atoms with E-state index in [0.717, 1.165) is 19.4 Å². The van der Waals surface area contributed by atoms with Crippen LogP contribution in [-0.2, 0) is 9.59 Å². The molecule has 106 valence electrons. The normalized spacial score (nSPS) is 14.3. The van der Waals surface area contributed by atoms with E-state index in [2.05, 4.69) is 6.92 Å². The number of rotatable bonds is 8. The molecule has 4 nitrogen and oxygen atoms in total. The Balaban J connectivity index is 4.73. The van der Waals surface area contributed by atoms with Gasteiger partial charge in [0.05, 0.1) is 5.41 Å². The van der Waals surface area contributed by atoms with E-state index < -0.39 is 11.4 Å². The molecule has 0 radical (unpaired) electrons. The van der Waals surface area contributed by atoms with Crippen molar-refractivity contribution in [3.05, 3.63) is 0 Å². The molecule has 0 saturated heterocycles. The summed E-state index contributed by atoms with van der Waals surface area (Å²) in [6.45, 7) is 10.7. The minimum absolute atomic E-state index is 0.0513. The molecule has 0 heterocycles. The number of aliphatic carboxylic acids is 1. The Morgan fingerprint density at radius 2 is 1.83 bits per heavy atom. The summed E-state index contributed by atoms with van der Waals surface area (Å²) in [5.74, 6) is -1.01. The Morgan fingerprint density at radius 1 is 1.28 bits per heavy atom. The third kappa shape index (κ3) is 4.31. The zero-order chi connectivity index (χ0) is 14.3. The summed E-state index contributed by atoms with van der Waals surface area (Å²) in [4.78, 5) is 25.3. The Labute approximate surface area is 110 Å². The third-order valence-corrected chi connectivity index (χ3v) is 3.80. The van der Waals surface area contributed by atoms with Gasteiger partial charge in [-0.3, -0.25) is 9.59 Å². The molecule has 0 fully saturated rings. The standard InChI is InChI=1S/C14H27NO3/c1-6-8-9-15(7-2)12(16)10-14(5,11(3)4)13(17)18/h11H,6-10H2,1-5H3,(H,17,18). The van der Waals surface area contributed by atoms with Crippen molar-refractivity contribution in [3.63, 3.8) is 0 Å². The van der Waals surface area contributed by atoms with Crippen LogP contribution in [0.15, 0.2) is 0 Å². The molecule has 0 aromatic heterocycles. The van der Waals surface area contributed by atoms with Crippen LogP contribution in [0.4, 0.5) is 0 Å². The first-order valence-corrected chi connectivity index (χ1v) is 6.80. The number of hydrogen-bond donors (Lipinski definition) is 1. The van der Waals surface area contributed by atoms with Gasteiger partial charge in [0.1, 0.15) is 0 Å². The molecule has 1 atom stereocenters. The number of unbranched alkanes of at least 4 members (excludes halogenated alkanes) is 1. The van der Waals surface area contributed by atoms with Crippen LogP contribution >= 0.6 is 0 Å². The zero-order valence-electron chi connectivity index (χ0n) is 12.3. The van der Waals surface area contributed by atoms with Crippen molar-refractivity contribution >= 4 is 11.9 Å². The van der Waals surface area contributed by atoms with Gasteiger partial charge < -0.3 is 10.0 Å². The van der Waals surface area contributed by atoms with Crippen molar-refractivity contribution in [2.75, 3.05) is 13.1 Å². The Hall–Kier alpha value is -1.06. The summed E-state index contributed by atoms with van der Waals surface area (Å²) in [7, 11) is 0. The molecular formula is C14H27NO3. The second kappa shape index (κ2) is 7.39. The molecule has 0 saturated carbocycles. The van der Waals surface area contributed by atoms with Crippen molar-refractivity contribution in [2.24, 2.45) is 11.3 Å². The topological polar surface area (TPSA) is 57.6 Å². The van der Waals surface area contributed by atoms with Gasteiger partial charge in [0, 0.05) is 19.5 Å². The maximum absolute atomic E-state index is 12.2. The van der Waals surface area contributed by atoms with Crippen LogP contribution in [0.1, 0.15) is 53.9 Å². The zero-order valence-corrected chi connectivity index (χ0v) is 12.3. The monoisotopic (exact) mass is 257 g/mol. The fourth-order valence-corrected chi connectivity index (χ4v) is 1.76. The summed E-state index contributed by atoms with van der Waals surface area (Å²) < 4.78 is 0.